The topological polar surface area (TPSA) is 75.8 Å². The summed E-state index contributed by atoms with van der Waals surface area (Å²) in [6.45, 7) is 6.82. The lowest BCUT2D eigenvalue weighted by atomic mass is 9.47. The van der Waals surface area contributed by atoms with E-state index in [9.17, 15) is 5.11 Å². The van der Waals surface area contributed by atoms with Crippen LogP contribution in [-0.2, 0) is 17.9 Å². The molecule has 4 aliphatic carbocycles. The number of fused-ring (bicyclic) bond motifs is 5. The first-order valence-electron chi connectivity index (χ1n) is 12.9. The monoisotopic (exact) mass is 455 g/mol. The van der Waals surface area contributed by atoms with Crippen molar-refractivity contribution in [1.82, 2.24) is 19.9 Å². The third kappa shape index (κ3) is 4.16. The molecule has 1 heterocycles. The highest BCUT2D eigenvalue weighted by molar-refractivity contribution is 5.96. The summed E-state index contributed by atoms with van der Waals surface area (Å²) in [5, 5.41) is 23.5. The van der Waals surface area contributed by atoms with Crippen LogP contribution in [0.25, 0.3) is 0 Å². The number of oxime groups is 1. The summed E-state index contributed by atoms with van der Waals surface area (Å²) in [7, 11) is 4.05. The molecule has 3 unspecified atom stereocenters. The second-order valence-electron chi connectivity index (χ2n) is 11.8. The minimum absolute atomic E-state index is 0.0903. The molecular weight excluding hydrogens is 414 g/mol. The molecule has 3 saturated carbocycles. The molecule has 4 aliphatic rings. The number of aromatic nitrogens is 3. The summed E-state index contributed by atoms with van der Waals surface area (Å²) < 4.78 is 1.83. The van der Waals surface area contributed by atoms with Gasteiger partial charge in [0.05, 0.1) is 24.1 Å². The summed E-state index contributed by atoms with van der Waals surface area (Å²) >= 11 is 0. The van der Waals surface area contributed by atoms with Gasteiger partial charge >= 0.3 is 0 Å². The first-order valence-corrected chi connectivity index (χ1v) is 12.9. The summed E-state index contributed by atoms with van der Waals surface area (Å²) in [5.41, 5.74) is 4.09. The predicted molar refractivity (Wildman–Crippen MR) is 129 cm³/mol. The van der Waals surface area contributed by atoms with Crippen molar-refractivity contribution < 1.29 is 9.94 Å². The lowest BCUT2D eigenvalue weighted by Crippen LogP contribution is -2.51. The van der Waals surface area contributed by atoms with E-state index in [2.05, 4.69) is 40.3 Å². The van der Waals surface area contributed by atoms with Crippen LogP contribution in [0.15, 0.2) is 23.0 Å². The molecule has 1 aromatic heterocycles. The Kier molecular flexibility index (Phi) is 6.15. The van der Waals surface area contributed by atoms with E-state index in [4.69, 9.17) is 4.84 Å². The van der Waals surface area contributed by atoms with Crippen LogP contribution in [-0.4, -0.2) is 57.5 Å². The number of allylic oxidation sites excluding steroid dienone is 2. The average molecular weight is 456 g/mol. The Morgan fingerprint density at radius 1 is 1.15 bits per heavy atom. The minimum Gasteiger partial charge on any atom is -0.394 e. The zero-order valence-electron chi connectivity index (χ0n) is 20.8. The standard InChI is InChI=1S/C26H41N5O2/c1-25-11-9-19(28-33-14-13-31-17-20(27-29-31)16-30(3)4)15-18(25)5-6-21-22-7-8-24(32)26(22,2)12-10-23(21)25/h15,17,21-24,32H,5-14,16H2,1-4H3/b28-19-/t21?,22?,23?,24-,25-,26-/m0/s1. The van der Waals surface area contributed by atoms with Crippen LogP contribution < -0.4 is 0 Å². The highest BCUT2D eigenvalue weighted by Gasteiger charge is 2.58. The molecule has 6 atom stereocenters. The highest BCUT2D eigenvalue weighted by Crippen LogP contribution is 2.65. The minimum atomic E-state index is -0.0903. The van der Waals surface area contributed by atoms with E-state index < -0.39 is 0 Å². The molecule has 182 valence electrons. The van der Waals surface area contributed by atoms with Crippen LogP contribution in [0.1, 0.15) is 70.9 Å². The SMILES string of the molecule is CN(C)Cc1cn(CCO/N=C2\C=C3CCC4C(CC[C@@]5(C)C4CC[C@@H]5O)[C@@]3(C)CC2)nn1. The molecule has 7 nitrogen and oxygen atoms in total. The Morgan fingerprint density at radius 3 is 2.82 bits per heavy atom. The van der Waals surface area contributed by atoms with E-state index in [0.29, 0.717) is 24.5 Å². The van der Waals surface area contributed by atoms with Gasteiger partial charge in [-0.1, -0.05) is 29.8 Å². The maximum absolute atomic E-state index is 10.7. The Hall–Kier alpha value is -1.73. The largest absolute Gasteiger partial charge is 0.394 e. The van der Waals surface area contributed by atoms with Gasteiger partial charge < -0.3 is 14.8 Å². The summed E-state index contributed by atoms with van der Waals surface area (Å²) in [5.74, 6) is 2.24. The van der Waals surface area contributed by atoms with Crippen molar-refractivity contribution in [2.75, 3.05) is 20.7 Å². The first kappa shape index (κ1) is 23.0. The zero-order chi connectivity index (χ0) is 23.2. The van der Waals surface area contributed by atoms with Gasteiger partial charge in [-0.2, -0.15) is 0 Å². The van der Waals surface area contributed by atoms with Gasteiger partial charge in [0.1, 0.15) is 6.61 Å². The molecule has 33 heavy (non-hydrogen) atoms. The van der Waals surface area contributed by atoms with Crippen molar-refractivity contribution in [3.63, 3.8) is 0 Å². The van der Waals surface area contributed by atoms with Crippen molar-refractivity contribution >= 4 is 5.71 Å². The third-order valence-corrected chi connectivity index (χ3v) is 9.59. The molecule has 7 heteroatoms. The number of aliphatic hydroxyl groups is 1. The van der Waals surface area contributed by atoms with Gasteiger partial charge in [0, 0.05) is 12.7 Å². The summed E-state index contributed by atoms with van der Waals surface area (Å²) in [6.07, 6.45) is 13.5. The fourth-order valence-electron chi connectivity index (χ4n) is 7.72. The number of nitrogens with zero attached hydrogens (tertiary/aromatic N) is 5. The van der Waals surface area contributed by atoms with Gasteiger partial charge in [-0.05, 0) is 100 Å². The Labute approximate surface area is 198 Å². The van der Waals surface area contributed by atoms with Crippen molar-refractivity contribution in [1.29, 1.82) is 0 Å². The molecule has 0 aromatic carbocycles. The van der Waals surface area contributed by atoms with Gasteiger partial charge in [0.2, 0.25) is 0 Å². The highest BCUT2D eigenvalue weighted by atomic mass is 16.6. The van der Waals surface area contributed by atoms with Crippen molar-refractivity contribution in [2.24, 2.45) is 33.7 Å². The quantitative estimate of drug-likeness (QED) is 0.518. The normalized spacial score (nSPS) is 39.2. The van der Waals surface area contributed by atoms with Crippen LogP contribution in [0.2, 0.25) is 0 Å². The Bertz CT molecular complexity index is 924. The number of rotatable bonds is 6. The molecule has 0 spiro atoms. The molecule has 3 fully saturated rings. The van der Waals surface area contributed by atoms with Crippen molar-refractivity contribution in [3.8, 4) is 0 Å². The third-order valence-electron chi connectivity index (χ3n) is 9.59. The predicted octanol–water partition coefficient (Wildman–Crippen LogP) is 4.04. The second-order valence-corrected chi connectivity index (χ2v) is 11.8. The molecule has 0 saturated heterocycles. The smallest absolute Gasteiger partial charge is 0.136 e. The molecule has 0 aliphatic heterocycles. The van der Waals surface area contributed by atoms with E-state index in [-0.39, 0.29) is 11.5 Å². The lowest BCUT2D eigenvalue weighted by Gasteiger charge is -2.57. The van der Waals surface area contributed by atoms with E-state index in [1.165, 1.54) is 38.5 Å². The summed E-state index contributed by atoms with van der Waals surface area (Å²) in [4.78, 5) is 7.77. The van der Waals surface area contributed by atoms with E-state index >= 15 is 0 Å². The number of hydrogen-bond acceptors (Lipinski definition) is 6. The Balaban J connectivity index is 1.20. The maximum atomic E-state index is 10.7. The van der Waals surface area contributed by atoms with E-state index in [1.807, 2.05) is 25.0 Å². The lowest BCUT2D eigenvalue weighted by molar-refractivity contribution is -0.0722. The molecule has 1 N–H and O–H groups in total. The summed E-state index contributed by atoms with van der Waals surface area (Å²) in [6, 6.07) is 0. The average Bonchev–Trinajstić information content (AvgIpc) is 3.34. The molecule has 1 aromatic rings. The van der Waals surface area contributed by atoms with Crippen LogP contribution in [0, 0.1) is 28.6 Å². The maximum Gasteiger partial charge on any atom is 0.136 e. The Morgan fingerprint density at radius 2 is 2.00 bits per heavy atom. The first-order chi connectivity index (χ1) is 15.8. The van der Waals surface area contributed by atoms with Crippen molar-refractivity contribution in [2.45, 2.75) is 84.4 Å². The van der Waals surface area contributed by atoms with Crippen LogP contribution >= 0.6 is 0 Å². The van der Waals surface area contributed by atoms with Crippen LogP contribution in [0.3, 0.4) is 0 Å². The van der Waals surface area contributed by atoms with Crippen LogP contribution in [0.5, 0.6) is 0 Å². The fourth-order valence-corrected chi connectivity index (χ4v) is 7.72. The fraction of sp³-hybridized carbons (Fsp3) is 0.808. The van der Waals surface area contributed by atoms with Gasteiger partial charge in [-0.25, -0.2) is 4.68 Å². The van der Waals surface area contributed by atoms with Crippen LogP contribution in [0.4, 0.5) is 0 Å². The van der Waals surface area contributed by atoms with Crippen molar-refractivity contribution in [3.05, 3.63) is 23.5 Å². The molecule has 0 bridgehead atoms. The number of aliphatic hydroxyl groups excluding tert-OH is 1. The van der Waals surface area contributed by atoms with Gasteiger partial charge in [0.25, 0.3) is 0 Å². The van der Waals surface area contributed by atoms with Gasteiger partial charge in [-0.3, -0.25) is 0 Å². The van der Waals surface area contributed by atoms with E-state index in [1.54, 1.807) is 5.57 Å². The molecular formula is C26H41N5O2. The second kappa shape index (κ2) is 8.81. The number of hydrogen-bond donors (Lipinski definition) is 1. The van der Waals surface area contributed by atoms with E-state index in [0.717, 1.165) is 42.6 Å². The van der Waals surface area contributed by atoms with Gasteiger partial charge in [-0.15, -0.1) is 5.10 Å². The molecule has 5 rings (SSSR count). The molecule has 0 amide bonds. The zero-order valence-corrected chi connectivity index (χ0v) is 20.8. The van der Waals surface area contributed by atoms with Gasteiger partial charge in [0.15, 0.2) is 0 Å². The molecule has 0 radical (unpaired) electrons.